The number of halogens is 1. The van der Waals surface area contributed by atoms with E-state index in [0.717, 1.165) is 41.8 Å². The fraction of sp³-hybridized carbons (Fsp3) is 0.571. The van der Waals surface area contributed by atoms with Crippen molar-refractivity contribution >= 4 is 21.6 Å². The Balaban J connectivity index is 1.94. The second kappa shape index (κ2) is 5.10. The number of hydrogen-bond acceptors (Lipinski definition) is 4. The van der Waals surface area contributed by atoms with Crippen molar-refractivity contribution in [1.82, 2.24) is 0 Å². The maximum Gasteiger partial charge on any atom is 0.205 e. The summed E-state index contributed by atoms with van der Waals surface area (Å²) >= 11 is 3.51. The van der Waals surface area contributed by atoms with E-state index in [-0.39, 0.29) is 11.5 Å². The molecule has 0 bridgehead atoms. The Labute approximate surface area is 120 Å². The van der Waals surface area contributed by atoms with Crippen LogP contribution < -0.4 is 0 Å². The lowest BCUT2D eigenvalue weighted by molar-refractivity contribution is -0.110. The standard InChI is InChI=1S/C14H15BrN2O2/c15-10-2-3-13-11(6-10)12(17-9-16)7-14(19-13)4-1-5-18-8-14/h2-3,11H,1,4-8H2. The van der Waals surface area contributed by atoms with E-state index in [0.29, 0.717) is 13.0 Å². The first kappa shape index (κ1) is 12.9. The first-order valence-electron chi connectivity index (χ1n) is 6.51. The van der Waals surface area contributed by atoms with Gasteiger partial charge in [0.25, 0.3) is 0 Å². The molecule has 1 spiro atoms. The minimum absolute atomic E-state index is 0.103. The summed E-state index contributed by atoms with van der Waals surface area (Å²) in [5.41, 5.74) is 0.615. The van der Waals surface area contributed by atoms with Gasteiger partial charge < -0.3 is 9.47 Å². The van der Waals surface area contributed by atoms with Crippen molar-refractivity contribution in [2.45, 2.75) is 31.3 Å². The number of hydrogen-bond donors (Lipinski definition) is 0. The van der Waals surface area contributed by atoms with Gasteiger partial charge in [-0.15, -0.1) is 0 Å². The molecule has 5 heteroatoms. The number of rotatable bonds is 0. The van der Waals surface area contributed by atoms with E-state index in [4.69, 9.17) is 14.7 Å². The highest BCUT2D eigenvalue weighted by Crippen LogP contribution is 2.43. The van der Waals surface area contributed by atoms with Crippen LogP contribution in [-0.4, -0.2) is 24.5 Å². The summed E-state index contributed by atoms with van der Waals surface area (Å²) in [7, 11) is 0. The Kier molecular flexibility index (Phi) is 3.46. The number of allylic oxidation sites excluding steroid dienone is 4. The van der Waals surface area contributed by atoms with Crippen molar-refractivity contribution in [2.24, 2.45) is 10.9 Å². The van der Waals surface area contributed by atoms with Crippen LogP contribution in [0.4, 0.5) is 0 Å². The highest BCUT2D eigenvalue weighted by Gasteiger charge is 2.45. The number of ether oxygens (including phenoxy) is 2. The van der Waals surface area contributed by atoms with Gasteiger partial charge in [-0.05, 0) is 35.9 Å². The lowest BCUT2D eigenvalue weighted by Crippen LogP contribution is -2.49. The van der Waals surface area contributed by atoms with Crippen molar-refractivity contribution in [2.75, 3.05) is 13.2 Å². The average Bonchev–Trinajstić information content (AvgIpc) is 2.41. The molecular weight excluding hydrogens is 308 g/mol. The predicted octanol–water partition coefficient (Wildman–Crippen LogP) is 3.06. The molecular formula is C14H15BrN2O2. The van der Waals surface area contributed by atoms with Crippen LogP contribution in [0.1, 0.15) is 25.7 Å². The molecule has 0 saturated carbocycles. The molecule has 2 fully saturated rings. The maximum atomic E-state index is 8.91. The molecule has 3 rings (SSSR count). The summed E-state index contributed by atoms with van der Waals surface area (Å²) < 4.78 is 12.9. The molecule has 2 saturated heterocycles. The number of aliphatic imine (C=N–C) groups is 1. The molecule has 4 nitrogen and oxygen atoms in total. The number of nitrogens with zero attached hydrogens (tertiary/aromatic N) is 2. The molecule has 0 radical (unpaired) electrons. The largest absolute Gasteiger partial charge is 0.488 e. The third-order valence-corrected chi connectivity index (χ3v) is 4.48. The maximum absolute atomic E-state index is 8.91. The van der Waals surface area contributed by atoms with Crippen LogP contribution in [0.5, 0.6) is 0 Å². The van der Waals surface area contributed by atoms with Crippen molar-refractivity contribution in [1.29, 1.82) is 5.26 Å². The zero-order valence-electron chi connectivity index (χ0n) is 10.6. The molecule has 100 valence electrons. The highest BCUT2D eigenvalue weighted by molar-refractivity contribution is 9.11. The van der Waals surface area contributed by atoms with Gasteiger partial charge in [0, 0.05) is 18.7 Å². The van der Waals surface area contributed by atoms with Gasteiger partial charge in [-0.1, -0.05) is 15.9 Å². The summed E-state index contributed by atoms with van der Waals surface area (Å²) in [4.78, 5) is 4.05. The fourth-order valence-corrected chi connectivity index (χ4v) is 3.46. The number of nitriles is 1. The fourth-order valence-electron chi connectivity index (χ4n) is 3.01. The van der Waals surface area contributed by atoms with Gasteiger partial charge in [0.15, 0.2) is 0 Å². The Hall–Kier alpha value is -1.12. The second-order valence-electron chi connectivity index (χ2n) is 5.26. The van der Waals surface area contributed by atoms with Gasteiger partial charge in [-0.2, -0.15) is 10.3 Å². The normalized spacial score (nSPS) is 36.0. The molecule has 2 aliphatic heterocycles. The van der Waals surface area contributed by atoms with Crippen LogP contribution in [-0.2, 0) is 9.47 Å². The minimum atomic E-state index is -0.312. The molecule has 2 unspecified atom stereocenters. The van der Waals surface area contributed by atoms with E-state index in [2.05, 4.69) is 20.9 Å². The monoisotopic (exact) mass is 322 g/mol. The number of fused-ring (bicyclic) bond motifs is 1. The van der Waals surface area contributed by atoms with E-state index in [1.165, 1.54) is 0 Å². The lowest BCUT2D eigenvalue weighted by atomic mass is 9.79. The molecule has 3 aliphatic rings. The van der Waals surface area contributed by atoms with Crippen LogP contribution >= 0.6 is 15.9 Å². The Bertz CT molecular complexity index is 510. The molecule has 19 heavy (non-hydrogen) atoms. The van der Waals surface area contributed by atoms with Crippen molar-refractivity contribution < 1.29 is 9.47 Å². The topological polar surface area (TPSA) is 54.6 Å². The third-order valence-electron chi connectivity index (χ3n) is 3.89. The zero-order valence-corrected chi connectivity index (χ0v) is 12.1. The molecule has 0 amide bonds. The average molecular weight is 323 g/mol. The van der Waals surface area contributed by atoms with Gasteiger partial charge in [-0.3, -0.25) is 0 Å². The molecule has 0 aromatic carbocycles. The van der Waals surface area contributed by atoms with Crippen molar-refractivity contribution in [3.05, 3.63) is 22.4 Å². The van der Waals surface area contributed by atoms with Crippen LogP contribution in [0.25, 0.3) is 0 Å². The molecule has 0 aromatic heterocycles. The van der Waals surface area contributed by atoms with E-state index >= 15 is 0 Å². The lowest BCUT2D eigenvalue weighted by Gasteiger charge is -2.45. The quantitative estimate of drug-likeness (QED) is 0.644. The van der Waals surface area contributed by atoms with Crippen LogP contribution in [0, 0.1) is 17.4 Å². The van der Waals surface area contributed by atoms with Crippen LogP contribution in [0.15, 0.2) is 27.4 Å². The Morgan fingerprint density at radius 2 is 2.37 bits per heavy atom. The van der Waals surface area contributed by atoms with Crippen molar-refractivity contribution in [3.63, 3.8) is 0 Å². The van der Waals surface area contributed by atoms with E-state index in [1.807, 2.05) is 18.3 Å². The zero-order chi connectivity index (χ0) is 13.3. The SMILES string of the molecule is N#CN=C1CC2(CCCOC2)OC2=CC=C(Br)CC21. The molecule has 0 aromatic rings. The minimum Gasteiger partial charge on any atom is -0.488 e. The van der Waals surface area contributed by atoms with Crippen LogP contribution in [0.2, 0.25) is 0 Å². The van der Waals surface area contributed by atoms with E-state index in [9.17, 15) is 0 Å². The van der Waals surface area contributed by atoms with Gasteiger partial charge in [0.2, 0.25) is 6.19 Å². The first-order valence-corrected chi connectivity index (χ1v) is 7.30. The third kappa shape index (κ3) is 2.47. The first-order chi connectivity index (χ1) is 9.22. The van der Waals surface area contributed by atoms with Gasteiger partial charge in [-0.25, -0.2) is 0 Å². The summed E-state index contributed by atoms with van der Waals surface area (Å²) in [6.07, 6.45) is 9.42. The smallest absolute Gasteiger partial charge is 0.205 e. The highest BCUT2D eigenvalue weighted by atomic mass is 79.9. The van der Waals surface area contributed by atoms with Gasteiger partial charge in [0.1, 0.15) is 11.4 Å². The summed E-state index contributed by atoms with van der Waals surface area (Å²) in [5.74, 6) is 1.03. The summed E-state index contributed by atoms with van der Waals surface area (Å²) in [5, 5.41) is 8.91. The Morgan fingerprint density at radius 1 is 1.47 bits per heavy atom. The van der Waals surface area contributed by atoms with Gasteiger partial charge >= 0.3 is 0 Å². The Morgan fingerprint density at radius 3 is 3.11 bits per heavy atom. The predicted molar refractivity (Wildman–Crippen MR) is 74.7 cm³/mol. The summed E-state index contributed by atoms with van der Waals surface area (Å²) in [6, 6.07) is 0. The summed E-state index contributed by atoms with van der Waals surface area (Å²) in [6.45, 7) is 1.39. The second-order valence-corrected chi connectivity index (χ2v) is 6.28. The molecule has 2 atom stereocenters. The molecule has 1 aliphatic carbocycles. The van der Waals surface area contributed by atoms with E-state index < -0.39 is 0 Å². The molecule has 0 N–H and O–H groups in total. The van der Waals surface area contributed by atoms with E-state index in [1.54, 1.807) is 0 Å². The van der Waals surface area contributed by atoms with Crippen LogP contribution in [0.3, 0.4) is 0 Å². The van der Waals surface area contributed by atoms with Crippen molar-refractivity contribution in [3.8, 4) is 6.19 Å². The molecule has 2 heterocycles. The van der Waals surface area contributed by atoms with Gasteiger partial charge in [0.05, 0.1) is 12.5 Å².